The molecule has 0 saturated carbocycles. The van der Waals surface area contributed by atoms with E-state index in [0.29, 0.717) is 10.6 Å². The Labute approximate surface area is 92.5 Å². The SMILES string of the molecule is CC(C)(CSc1ccccc1F)C(=O)O. The first-order chi connectivity index (χ1) is 6.93. The number of hydrogen-bond acceptors (Lipinski definition) is 2. The van der Waals surface area contributed by atoms with Gasteiger partial charge in [0.2, 0.25) is 0 Å². The van der Waals surface area contributed by atoms with Gasteiger partial charge in [0.25, 0.3) is 0 Å². The van der Waals surface area contributed by atoms with Crippen molar-refractivity contribution in [2.24, 2.45) is 5.41 Å². The molecular weight excluding hydrogens is 215 g/mol. The van der Waals surface area contributed by atoms with Crippen molar-refractivity contribution in [2.75, 3.05) is 5.75 Å². The Morgan fingerprint density at radius 1 is 1.47 bits per heavy atom. The van der Waals surface area contributed by atoms with Gasteiger partial charge < -0.3 is 5.11 Å². The van der Waals surface area contributed by atoms with Crippen molar-refractivity contribution in [1.82, 2.24) is 0 Å². The number of hydrogen-bond donors (Lipinski definition) is 1. The molecule has 0 aliphatic heterocycles. The fourth-order valence-corrected chi connectivity index (χ4v) is 1.90. The van der Waals surface area contributed by atoms with Gasteiger partial charge in [0.15, 0.2) is 0 Å². The van der Waals surface area contributed by atoms with Crippen molar-refractivity contribution in [3.63, 3.8) is 0 Å². The summed E-state index contributed by atoms with van der Waals surface area (Å²) in [6.45, 7) is 3.26. The Hall–Kier alpha value is -1.03. The minimum absolute atomic E-state index is 0.302. The smallest absolute Gasteiger partial charge is 0.309 e. The molecule has 2 nitrogen and oxygen atoms in total. The zero-order valence-corrected chi connectivity index (χ0v) is 9.47. The molecule has 15 heavy (non-hydrogen) atoms. The van der Waals surface area contributed by atoms with E-state index in [0.717, 1.165) is 0 Å². The molecule has 1 aromatic rings. The Bertz CT molecular complexity index is 363. The summed E-state index contributed by atoms with van der Waals surface area (Å²) in [6.07, 6.45) is 0. The van der Waals surface area contributed by atoms with E-state index in [1.807, 2.05) is 0 Å². The summed E-state index contributed by atoms with van der Waals surface area (Å²) in [6, 6.07) is 6.37. The highest BCUT2D eigenvalue weighted by Crippen LogP contribution is 2.29. The lowest BCUT2D eigenvalue weighted by molar-refractivity contribution is -0.145. The summed E-state index contributed by atoms with van der Waals surface area (Å²) in [5, 5.41) is 8.88. The van der Waals surface area contributed by atoms with Gasteiger partial charge >= 0.3 is 5.97 Å². The number of rotatable bonds is 4. The van der Waals surface area contributed by atoms with Crippen LogP contribution in [0.1, 0.15) is 13.8 Å². The number of thioether (sulfide) groups is 1. The molecule has 0 radical (unpaired) electrons. The van der Waals surface area contributed by atoms with Crippen LogP contribution in [0.15, 0.2) is 29.2 Å². The second-order valence-corrected chi connectivity index (χ2v) is 4.93. The number of carboxylic acid groups (broad SMARTS) is 1. The number of halogens is 1. The highest BCUT2D eigenvalue weighted by Gasteiger charge is 2.27. The van der Waals surface area contributed by atoms with Gasteiger partial charge in [-0.2, -0.15) is 0 Å². The topological polar surface area (TPSA) is 37.3 Å². The average molecular weight is 228 g/mol. The van der Waals surface area contributed by atoms with E-state index < -0.39 is 11.4 Å². The van der Waals surface area contributed by atoms with E-state index in [9.17, 15) is 9.18 Å². The zero-order chi connectivity index (χ0) is 11.5. The van der Waals surface area contributed by atoms with Gasteiger partial charge in [0.05, 0.1) is 5.41 Å². The molecule has 0 aliphatic rings. The molecule has 0 atom stereocenters. The van der Waals surface area contributed by atoms with Gasteiger partial charge in [-0.05, 0) is 26.0 Å². The molecule has 0 unspecified atom stereocenters. The third kappa shape index (κ3) is 3.23. The van der Waals surface area contributed by atoms with E-state index in [2.05, 4.69) is 0 Å². The maximum Gasteiger partial charge on any atom is 0.309 e. The first-order valence-corrected chi connectivity index (χ1v) is 5.53. The second-order valence-electron chi connectivity index (χ2n) is 3.91. The molecule has 0 heterocycles. The first-order valence-electron chi connectivity index (χ1n) is 4.54. The van der Waals surface area contributed by atoms with Crippen LogP contribution in [-0.2, 0) is 4.79 Å². The van der Waals surface area contributed by atoms with E-state index in [-0.39, 0.29) is 5.82 Å². The molecule has 82 valence electrons. The quantitative estimate of drug-likeness (QED) is 0.805. The molecular formula is C11H13FO2S. The molecule has 0 spiro atoms. The Kier molecular flexibility index (Phi) is 3.74. The standard InChI is InChI=1S/C11H13FO2S/c1-11(2,10(13)14)7-15-9-6-4-3-5-8(9)12/h3-6H,7H2,1-2H3,(H,13,14). The molecule has 0 aromatic heterocycles. The van der Waals surface area contributed by atoms with Crippen LogP contribution in [0.4, 0.5) is 4.39 Å². The van der Waals surface area contributed by atoms with Crippen LogP contribution in [0.5, 0.6) is 0 Å². The van der Waals surface area contributed by atoms with Gasteiger partial charge in [-0.1, -0.05) is 12.1 Å². The van der Waals surface area contributed by atoms with E-state index in [1.54, 1.807) is 32.0 Å². The van der Waals surface area contributed by atoms with Crippen LogP contribution in [0.2, 0.25) is 0 Å². The van der Waals surface area contributed by atoms with E-state index >= 15 is 0 Å². The predicted octanol–water partition coefficient (Wildman–Crippen LogP) is 3.03. The minimum atomic E-state index is -0.869. The van der Waals surface area contributed by atoms with Crippen LogP contribution in [0.25, 0.3) is 0 Å². The van der Waals surface area contributed by atoms with Crippen molar-refractivity contribution in [3.05, 3.63) is 30.1 Å². The molecule has 4 heteroatoms. The van der Waals surface area contributed by atoms with Crippen molar-refractivity contribution in [1.29, 1.82) is 0 Å². The molecule has 0 fully saturated rings. The maximum absolute atomic E-state index is 13.2. The maximum atomic E-state index is 13.2. The van der Waals surface area contributed by atoms with Crippen molar-refractivity contribution in [3.8, 4) is 0 Å². The number of carbonyl (C=O) groups is 1. The number of carboxylic acids is 1. The van der Waals surface area contributed by atoms with Gasteiger partial charge in [0, 0.05) is 10.6 Å². The Morgan fingerprint density at radius 2 is 2.07 bits per heavy atom. The van der Waals surface area contributed by atoms with Gasteiger partial charge in [-0.15, -0.1) is 11.8 Å². The summed E-state index contributed by atoms with van der Waals surface area (Å²) in [5.74, 6) is -0.821. The average Bonchev–Trinajstić information content (AvgIpc) is 2.16. The lowest BCUT2D eigenvalue weighted by atomic mass is 9.97. The fraction of sp³-hybridized carbons (Fsp3) is 0.364. The molecule has 1 rings (SSSR count). The third-order valence-corrected chi connectivity index (χ3v) is 3.51. The van der Waals surface area contributed by atoms with E-state index in [1.165, 1.54) is 17.8 Å². The van der Waals surface area contributed by atoms with Crippen LogP contribution in [0, 0.1) is 11.2 Å². The van der Waals surface area contributed by atoms with Crippen molar-refractivity contribution < 1.29 is 14.3 Å². The van der Waals surface area contributed by atoms with Gasteiger partial charge in [0.1, 0.15) is 5.82 Å². The second kappa shape index (κ2) is 4.66. The molecule has 0 aliphatic carbocycles. The Morgan fingerprint density at radius 3 is 2.60 bits per heavy atom. The lowest BCUT2D eigenvalue weighted by Gasteiger charge is -2.18. The summed E-state index contributed by atoms with van der Waals surface area (Å²) in [4.78, 5) is 11.3. The number of benzene rings is 1. The molecule has 0 saturated heterocycles. The van der Waals surface area contributed by atoms with Crippen molar-refractivity contribution in [2.45, 2.75) is 18.7 Å². The largest absolute Gasteiger partial charge is 0.481 e. The first kappa shape index (κ1) is 12.0. The monoisotopic (exact) mass is 228 g/mol. The highest BCUT2D eigenvalue weighted by molar-refractivity contribution is 7.99. The normalized spacial score (nSPS) is 11.4. The zero-order valence-electron chi connectivity index (χ0n) is 8.66. The third-order valence-electron chi connectivity index (χ3n) is 2.00. The minimum Gasteiger partial charge on any atom is -0.481 e. The summed E-state index contributed by atoms with van der Waals surface area (Å²) < 4.78 is 13.2. The van der Waals surface area contributed by atoms with Crippen LogP contribution in [0.3, 0.4) is 0 Å². The van der Waals surface area contributed by atoms with Gasteiger partial charge in [-0.3, -0.25) is 4.79 Å². The molecule has 1 aromatic carbocycles. The predicted molar refractivity (Wildman–Crippen MR) is 58.5 cm³/mol. The van der Waals surface area contributed by atoms with Crippen LogP contribution >= 0.6 is 11.8 Å². The van der Waals surface area contributed by atoms with Crippen molar-refractivity contribution >= 4 is 17.7 Å². The van der Waals surface area contributed by atoms with E-state index in [4.69, 9.17) is 5.11 Å². The summed E-state index contributed by atoms with van der Waals surface area (Å²) in [7, 11) is 0. The van der Waals surface area contributed by atoms with Crippen LogP contribution < -0.4 is 0 Å². The number of aliphatic carboxylic acids is 1. The molecule has 0 amide bonds. The summed E-state index contributed by atoms with van der Waals surface area (Å²) >= 11 is 1.23. The molecule has 1 N–H and O–H groups in total. The van der Waals surface area contributed by atoms with Crippen LogP contribution in [-0.4, -0.2) is 16.8 Å². The molecule has 0 bridgehead atoms. The summed E-state index contributed by atoms with van der Waals surface area (Å²) in [5.41, 5.74) is -0.840. The van der Waals surface area contributed by atoms with Gasteiger partial charge in [-0.25, -0.2) is 4.39 Å². The fourth-order valence-electron chi connectivity index (χ4n) is 0.882. The Balaban J connectivity index is 2.66. The lowest BCUT2D eigenvalue weighted by Crippen LogP contribution is -2.26. The highest BCUT2D eigenvalue weighted by atomic mass is 32.2.